The lowest BCUT2D eigenvalue weighted by Gasteiger charge is -2.25. The third-order valence-corrected chi connectivity index (χ3v) is 2.97. The van der Waals surface area contributed by atoms with Crippen molar-refractivity contribution < 1.29 is 4.74 Å². The minimum absolute atomic E-state index is 0.00501. The summed E-state index contributed by atoms with van der Waals surface area (Å²) >= 11 is 0. The van der Waals surface area contributed by atoms with Crippen LogP contribution in [0.2, 0.25) is 0 Å². The molecule has 1 heterocycles. The van der Waals surface area contributed by atoms with Gasteiger partial charge in [0.1, 0.15) is 14.1 Å². The Morgan fingerprint density at radius 1 is 1.50 bits per heavy atom. The predicted octanol–water partition coefficient (Wildman–Crippen LogP) is 2.10. The number of hydrogen-bond acceptors (Lipinski definition) is 3. The van der Waals surface area contributed by atoms with E-state index in [0.717, 1.165) is 37.1 Å². The summed E-state index contributed by atoms with van der Waals surface area (Å²) < 4.78 is 5.61. The molecule has 3 nitrogen and oxygen atoms in total. The molecule has 1 fully saturated rings. The van der Waals surface area contributed by atoms with Crippen molar-refractivity contribution in [2.75, 3.05) is 11.9 Å². The molecule has 0 bridgehead atoms. The molecule has 0 saturated carbocycles. The Labute approximate surface area is 109 Å². The van der Waals surface area contributed by atoms with Gasteiger partial charge in [-0.15, -0.1) is 6.42 Å². The van der Waals surface area contributed by atoms with Crippen LogP contribution in [0, 0.1) is 17.8 Å². The quantitative estimate of drug-likeness (QED) is 0.481. The van der Waals surface area contributed by atoms with Gasteiger partial charge in [0.05, 0.1) is 0 Å². The predicted molar refractivity (Wildman–Crippen MR) is 74.2 cm³/mol. The summed E-state index contributed by atoms with van der Waals surface area (Å²) in [5, 5.41) is 10.9. The molecule has 1 aliphatic heterocycles. The second kappa shape index (κ2) is 5.75. The van der Waals surface area contributed by atoms with Crippen LogP contribution in [0.3, 0.4) is 0 Å². The molecule has 90 valence electrons. The molecule has 4 heteroatoms. The molecule has 1 aliphatic rings. The summed E-state index contributed by atoms with van der Waals surface area (Å²) in [6, 6.07) is 5.43. The van der Waals surface area contributed by atoms with Gasteiger partial charge in [0.15, 0.2) is 0 Å². The Balaban J connectivity index is 2.21. The Morgan fingerprint density at radius 3 is 2.94 bits per heavy atom. The smallest absolute Gasteiger partial charge is 0.141 e. The van der Waals surface area contributed by atoms with Crippen LogP contribution in [-0.4, -0.2) is 26.3 Å². The van der Waals surface area contributed by atoms with Crippen LogP contribution in [0.15, 0.2) is 18.2 Å². The Kier molecular flexibility index (Phi) is 4.06. The summed E-state index contributed by atoms with van der Waals surface area (Å²) in [5.41, 5.74) is 2.15. The molecule has 1 aromatic rings. The first-order chi connectivity index (χ1) is 8.70. The maximum Gasteiger partial charge on any atom is 0.141 e. The lowest BCUT2D eigenvalue weighted by Crippen LogP contribution is -2.28. The summed E-state index contributed by atoms with van der Waals surface area (Å²) in [4.78, 5) is 0. The van der Waals surface area contributed by atoms with Crippen molar-refractivity contribution >= 4 is 19.1 Å². The zero-order valence-electron chi connectivity index (χ0n) is 10.2. The summed E-state index contributed by atoms with van der Waals surface area (Å²) in [5.74, 6) is 2.54. The van der Waals surface area contributed by atoms with Crippen molar-refractivity contribution in [1.82, 2.24) is 0 Å². The number of ether oxygens (including phenoxy) is 1. The summed E-state index contributed by atoms with van der Waals surface area (Å²) in [7, 11) is 5.58. The molecule has 1 unspecified atom stereocenters. The fourth-order valence-electron chi connectivity index (χ4n) is 2.01. The van der Waals surface area contributed by atoms with Gasteiger partial charge >= 0.3 is 0 Å². The van der Waals surface area contributed by atoms with Crippen LogP contribution in [-0.2, 0) is 4.74 Å². The zero-order valence-corrected chi connectivity index (χ0v) is 10.2. The van der Waals surface area contributed by atoms with Gasteiger partial charge in [0.25, 0.3) is 0 Å². The van der Waals surface area contributed by atoms with Gasteiger partial charge in [-0.1, -0.05) is 5.92 Å². The number of rotatable bonds is 3. The van der Waals surface area contributed by atoms with Crippen molar-refractivity contribution in [3.63, 3.8) is 0 Å². The first kappa shape index (κ1) is 12.7. The number of benzene rings is 1. The van der Waals surface area contributed by atoms with Crippen molar-refractivity contribution in [3.05, 3.63) is 29.3 Å². The molecule has 0 amide bonds. The van der Waals surface area contributed by atoms with E-state index in [-0.39, 0.29) is 11.8 Å². The summed E-state index contributed by atoms with van der Waals surface area (Å²) in [6.07, 6.45) is 8.56. The van der Waals surface area contributed by atoms with Crippen LogP contribution in [0.4, 0.5) is 5.69 Å². The van der Waals surface area contributed by atoms with E-state index in [9.17, 15) is 0 Å². The molecular formula is C14H15BN2O. The maximum atomic E-state index is 7.59. The van der Waals surface area contributed by atoms with Gasteiger partial charge in [-0.25, -0.2) is 0 Å². The largest absolute Gasteiger partial charge is 0.360 e. The van der Waals surface area contributed by atoms with Crippen LogP contribution >= 0.6 is 0 Å². The molecule has 2 radical (unpaired) electrons. The molecule has 1 aromatic carbocycles. The standard InChI is InChI=1S/C14H15BN2O/c1-2-10-6-7-12(11(9-10)14(15)16)17-13-5-3-4-8-18-13/h1,6-7,9,13,16-17H,3-5,8H2. The number of terminal acetylenes is 1. The van der Waals surface area contributed by atoms with Crippen LogP contribution in [0.1, 0.15) is 30.4 Å². The fourth-order valence-corrected chi connectivity index (χ4v) is 2.01. The van der Waals surface area contributed by atoms with Crippen LogP contribution < -0.4 is 5.32 Å². The first-order valence-corrected chi connectivity index (χ1v) is 6.04. The maximum absolute atomic E-state index is 7.59. The van der Waals surface area contributed by atoms with E-state index in [2.05, 4.69) is 11.2 Å². The zero-order chi connectivity index (χ0) is 13.0. The highest BCUT2D eigenvalue weighted by atomic mass is 16.5. The average Bonchev–Trinajstić information content (AvgIpc) is 2.40. The van der Waals surface area contributed by atoms with Crippen LogP contribution in [0.25, 0.3) is 0 Å². The highest BCUT2D eigenvalue weighted by Gasteiger charge is 2.15. The van der Waals surface area contributed by atoms with E-state index < -0.39 is 0 Å². The van der Waals surface area contributed by atoms with E-state index in [1.807, 2.05) is 12.1 Å². The molecule has 0 aromatic heterocycles. The number of anilines is 1. The van der Waals surface area contributed by atoms with Crippen molar-refractivity contribution in [2.24, 2.45) is 0 Å². The topological polar surface area (TPSA) is 45.1 Å². The second-order valence-corrected chi connectivity index (χ2v) is 4.32. The SMILES string of the molecule is [B]C(=N)c1cc(C#C)ccc1NC1CCCCO1. The van der Waals surface area contributed by atoms with E-state index in [1.165, 1.54) is 0 Å². The molecule has 1 atom stereocenters. The van der Waals surface area contributed by atoms with Gasteiger partial charge in [-0.05, 0) is 43.1 Å². The monoisotopic (exact) mass is 238 g/mol. The van der Waals surface area contributed by atoms with Gasteiger partial charge in [0, 0.05) is 23.4 Å². The highest BCUT2D eigenvalue weighted by molar-refractivity contribution is 6.64. The van der Waals surface area contributed by atoms with Crippen molar-refractivity contribution in [1.29, 1.82) is 5.41 Å². The van der Waals surface area contributed by atoms with Crippen molar-refractivity contribution in [3.8, 4) is 12.3 Å². The summed E-state index contributed by atoms with van der Waals surface area (Å²) in [6.45, 7) is 0.773. The first-order valence-electron chi connectivity index (χ1n) is 6.04. The third-order valence-electron chi connectivity index (χ3n) is 2.97. The van der Waals surface area contributed by atoms with Crippen LogP contribution in [0.5, 0.6) is 0 Å². The minimum atomic E-state index is -0.00599. The normalized spacial score (nSPS) is 18.9. The van der Waals surface area contributed by atoms with Crippen molar-refractivity contribution in [2.45, 2.75) is 25.5 Å². The molecule has 0 spiro atoms. The van der Waals surface area contributed by atoms with Gasteiger partial charge < -0.3 is 15.5 Å². The van der Waals surface area contributed by atoms with Gasteiger partial charge in [-0.2, -0.15) is 0 Å². The van der Waals surface area contributed by atoms with Gasteiger partial charge in [-0.3, -0.25) is 0 Å². The molecule has 1 saturated heterocycles. The molecule has 2 rings (SSSR count). The average molecular weight is 238 g/mol. The fraction of sp³-hybridized carbons (Fsp3) is 0.357. The molecule has 18 heavy (non-hydrogen) atoms. The van der Waals surface area contributed by atoms with E-state index >= 15 is 0 Å². The van der Waals surface area contributed by atoms with E-state index in [1.54, 1.807) is 6.07 Å². The molecular weight excluding hydrogens is 223 g/mol. The number of hydrogen-bond donors (Lipinski definition) is 2. The Hall–Kier alpha value is -1.73. The minimum Gasteiger partial charge on any atom is -0.360 e. The second-order valence-electron chi connectivity index (χ2n) is 4.32. The number of nitrogens with one attached hydrogen (secondary N) is 2. The molecule has 0 aliphatic carbocycles. The third kappa shape index (κ3) is 2.94. The lowest BCUT2D eigenvalue weighted by molar-refractivity contribution is 0.0343. The highest BCUT2D eigenvalue weighted by Crippen LogP contribution is 2.21. The van der Waals surface area contributed by atoms with Gasteiger partial charge in [0.2, 0.25) is 0 Å². The Morgan fingerprint density at radius 2 is 2.33 bits per heavy atom. The van der Waals surface area contributed by atoms with E-state index in [4.69, 9.17) is 24.4 Å². The Bertz CT molecular complexity index is 487. The lowest BCUT2D eigenvalue weighted by atomic mass is 9.91. The molecule has 2 N–H and O–H groups in total. The van der Waals surface area contributed by atoms with E-state index in [0.29, 0.717) is 5.56 Å².